The number of hydrogen-bond donors (Lipinski definition) is 2. The van der Waals surface area contributed by atoms with Crippen molar-refractivity contribution in [3.63, 3.8) is 0 Å². The molecule has 0 aliphatic rings. The van der Waals surface area contributed by atoms with E-state index in [9.17, 15) is 5.11 Å². The Morgan fingerprint density at radius 2 is 2.06 bits per heavy atom. The molecule has 3 heteroatoms. The highest BCUT2D eigenvalue weighted by atomic mass is 16.5. The molecule has 84 valence electrons. The molecule has 0 unspecified atom stereocenters. The first-order chi connectivity index (χ1) is 7.76. The standard InChI is InChI=1S/C13H15NO2/c1-16-13-4-2-3-10-11(13)7-9(5-6-14)8-12(10)15/h2-4,7-8,15H,5-6,14H2,1H3. The number of methoxy groups -OCH3 is 1. The fraction of sp³-hybridized carbons (Fsp3) is 0.231. The minimum atomic E-state index is 0.278. The minimum Gasteiger partial charge on any atom is -0.507 e. The van der Waals surface area contributed by atoms with E-state index in [4.69, 9.17) is 10.5 Å². The Bertz CT molecular complexity index is 509. The summed E-state index contributed by atoms with van der Waals surface area (Å²) >= 11 is 0. The van der Waals surface area contributed by atoms with Crippen molar-refractivity contribution in [3.8, 4) is 11.5 Å². The molecule has 0 heterocycles. The van der Waals surface area contributed by atoms with Gasteiger partial charge in [-0.3, -0.25) is 0 Å². The lowest BCUT2D eigenvalue weighted by atomic mass is 10.0. The van der Waals surface area contributed by atoms with Crippen molar-refractivity contribution >= 4 is 10.8 Å². The van der Waals surface area contributed by atoms with Gasteiger partial charge >= 0.3 is 0 Å². The van der Waals surface area contributed by atoms with E-state index in [0.717, 1.165) is 28.5 Å². The summed E-state index contributed by atoms with van der Waals surface area (Å²) in [6, 6.07) is 9.40. The molecular formula is C13H15NO2. The molecule has 3 nitrogen and oxygen atoms in total. The SMILES string of the molecule is COc1cccc2c(O)cc(CCN)cc12. The highest BCUT2D eigenvalue weighted by Gasteiger charge is 2.06. The summed E-state index contributed by atoms with van der Waals surface area (Å²) in [5, 5.41) is 11.6. The predicted octanol–water partition coefficient (Wildman–Crippen LogP) is 2.06. The van der Waals surface area contributed by atoms with Crippen molar-refractivity contribution in [3.05, 3.63) is 35.9 Å². The van der Waals surface area contributed by atoms with E-state index in [1.807, 2.05) is 24.3 Å². The number of hydrogen-bond acceptors (Lipinski definition) is 3. The Morgan fingerprint density at radius 3 is 2.75 bits per heavy atom. The lowest BCUT2D eigenvalue weighted by Crippen LogP contribution is -2.02. The van der Waals surface area contributed by atoms with Crippen LogP contribution in [0.3, 0.4) is 0 Å². The maximum absolute atomic E-state index is 9.90. The Kier molecular flexibility index (Phi) is 2.97. The number of phenolic OH excluding ortho intramolecular Hbond substituents is 1. The van der Waals surface area contributed by atoms with Gasteiger partial charge in [-0.1, -0.05) is 12.1 Å². The van der Waals surface area contributed by atoms with Crippen molar-refractivity contribution < 1.29 is 9.84 Å². The summed E-state index contributed by atoms with van der Waals surface area (Å²) in [4.78, 5) is 0. The molecule has 2 aromatic carbocycles. The molecule has 0 aliphatic carbocycles. The van der Waals surface area contributed by atoms with Gasteiger partial charge in [-0.2, -0.15) is 0 Å². The molecule has 0 amide bonds. The van der Waals surface area contributed by atoms with Crippen LogP contribution in [0.5, 0.6) is 11.5 Å². The highest BCUT2D eigenvalue weighted by Crippen LogP contribution is 2.32. The number of rotatable bonds is 3. The van der Waals surface area contributed by atoms with Crippen LogP contribution in [0, 0.1) is 0 Å². The first kappa shape index (κ1) is 10.8. The van der Waals surface area contributed by atoms with Crippen LogP contribution in [-0.2, 0) is 6.42 Å². The van der Waals surface area contributed by atoms with E-state index >= 15 is 0 Å². The zero-order valence-electron chi connectivity index (χ0n) is 9.23. The van der Waals surface area contributed by atoms with Gasteiger partial charge in [-0.25, -0.2) is 0 Å². The van der Waals surface area contributed by atoms with Crippen molar-refractivity contribution in [1.82, 2.24) is 0 Å². The molecule has 2 rings (SSSR count). The van der Waals surface area contributed by atoms with Crippen molar-refractivity contribution in [1.29, 1.82) is 0 Å². The second-order valence-corrected chi connectivity index (χ2v) is 3.71. The quantitative estimate of drug-likeness (QED) is 0.827. The third kappa shape index (κ3) is 1.82. The van der Waals surface area contributed by atoms with Crippen LogP contribution in [0.2, 0.25) is 0 Å². The fourth-order valence-corrected chi connectivity index (χ4v) is 1.89. The molecule has 0 saturated heterocycles. The van der Waals surface area contributed by atoms with E-state index in [-0.39, 0.29) is 5.75 Å². The Hall–Kier alpha value is -1.74. The summed E-state index contributed by atoms with van der Waals surface area (Å²) in [6.45, 7) is 0.570. The summed E-state index contributed by atoms with van der Waals surface area (Å²) in [5.74, 6) is 1.05. The highest BCUT2D eigenvalue weighted by molar-refractivity contribution is 5.93. The van der Waals surface area contributed by atoms with Gasteiger partial charge in [0.25, 0.3) is 0 Å². The number of benzene rings is 2. The second-order valence-electron chi connectivity index (χ2n) is 3.71. The molecule has 0 atom stereocenters. The van der Waals surface area contributed by atoms with Crippen LogP contribution in [0.4, 0.5) is 0 Å². The smallest absolute Gasteiger partial charge is 0.126 e. The molecule has 2 aromatic rings. The van der Waals surface area contributed by atoms with Gasteiger partial charge in [0.1, 0.15) is 11.5 Å². The predicted molar refractivity (Wildman–Crippen MR) is 64.9 cm³/mol. The molecule has 0 bridgehead atoms. The van der Waals surface area contributed by atoms with Gasteiger partial charge in [0.05, 0.1) is 7.11 Å². The van der Waals surface area contributed by atoms with Gasteiger partial charge in [-0.05, 0) is 36.7 Å². The van der Waals surface area contributed by atoms with Crippen LogP contribution in [0.1, 0.15) is 5.56 Å². The molecule has 0 spiro atoms. The first-order valence-electron chi connectivity index (χ1n) is 5.25. The largest absolute Gasteiger partial charge is 0.507 e. The molecular weight excluding hydrogens is 202 g/mol. The fourth-order valence-electron chi connectivity index (χ4n) is 1.89. The Balaban J connectivity index is 2.67. The number of nitrogens with two attached hydrogens (primary N) is 1. The Labute approximate surface area is 94.5 Å². The monoisotopic (exact) mass is 217 g/mol. The summed E-state index contributed by atoms with van der Waals surface area (Å²) in [6.07, 6.45) is 0.752. The summed E-state index contributed by atoms with van der Waals surface area (Å²) < 4.78 is 5.27. The lowest BCUT2D eigenvalue weighted by molar-refractivity contribution is 0.419. The van der Waals surface area contributed by atoms with E-state index in [1.165, 1.54) is 0 Å². The number of fused-ring (bicyclic) bond motifs is 1. The molecule has 0 aliphatic heterocycles. The lowest BCUT2D eigenvalue weighted by Gasteiger charge is -2.09. The number of aromatic hydroxyl groups is 1. The molecule has 3 N–H and O–H groups in total. The maximum atomic E-state index is 9.90. The second kappa shape index (κ2) is 4.41. The third-order valence-electron chi connectivity index (χ3n) is 2.65. The van der Waals surface area contributed by atoms with E-state index in [0.29, 0.717) is 6.54 Å². The maximum Gasteiger partial charge on any atom is 0.126 e. The van der Waals surface area contributed by atoms with E-state index in [1.54, 1.807) is 13.2 Å². The van der Waals surface area contributed by atoms with Crippen LogP contribution in [0.15, 0.2) is 30.3 Å². The van der Waals surface area contributed by atoms with E-state index in [2.05, 4.69) is 0 Å². The van der Waals surface area contributed by atoms with Crippen LogP contribution in [-0.4, -0.2) is 18.8 Å². The average molecular weight is 217 g/mol. The molecule has 16 heavy (non-hydrogen) atoms. The van der Waals surface area contributed by atoms with Crippen LogP contribution < -0.4 is 10.5 Å². The number of ether oxygens (including phenoxy) is 1. The van der Waals surface area contributed by atoms with Crippen molar-refractivity contribution in [2.75, 3.05) is 13.7 Å². The van der Waals surface area contributed by atoms with Gasteiger partial charge in [-0.15, -0.1) is 0 Å². The van der Waals surface area contributed by atoms with Crippen LogP contribution >= 0.6 is 0 Å². The normalized spacial score (nSPS) is 10.6. The van der Waals surface area contributed by atoms with Gasteiger partial charge in [0, 0.05) is 10.8 Å². The zero-order valence-corrected chi connectivity index (χ0v) is 9.23. The zero-order chi connectivity index (χ0) is 11.5. The topological polar surface area (TPSA) is 55.5 Å². The summed E-state index contributed by atoms with van der Waals surface area (Å²) in [7, 11) is 1.63. The van der Waals surface area contributed by atoms with Gasteiger partial charge < -0.3 is 15.6 Å². The van der Waals surface area contributed by atoms with Crippen LogP contribution in [0.25, 0.3) is 10.8 Å². The molecule has 0 radical (unpaired) electrons. The minimum absolute atomic E-state index is 0.278. The van der Waals surface area contributed by atoms with Crippen molar-refractivity contribution in [2.45, 2.75) is 6.42 Å². The molecule has 0 fully saturated rings. The van der Waals surface area contributed by atoms with Gasteiger partial charge in [0.2, 0.25) is 0 Å². The summed E-state index contributed by atoms with van der Waals surface area (Å²) in [5.41, 5.74) is 6.54. The average Bonchev–Trinajstić information content (AvgIpc) is 2.29. The third-order valence-corrected chi connectivity index (χ3v) is 2.65. The van der Waals surface area contributed by atoms with Gasteiger partial charge in [0.15, 0.2) is 0 Å². The number of phenols is 1. The van der Waals surface area contributed by atoms with Crippen molar-refractivity contribution in [2.24, 2.45) is 5.73 Å². The van der Waals surface area contributed by atoms with E-state index < -0.39 is 0 Å². The molecule has 0 saturated carbocycles. The Morgan fingerprint density at radius 1 is 1.25 bits per heavy atom. The first-order valence-corrected chi connectivity index (χ1v) is 5.25. The molecule has 0 aromatic heterocycles.